The second kappa shape index (κ2) is 7.73. The number of ether oxygens (including phenoxy) is 2. The van der Waals surface area contributed by atoms with Gasteiger partial charge in [0.2, 0.25) is 0 Å². The zero-order valence-corrected chi connectivity index (χ0v) is 14.4. The first-order valence-electron chi connectivity index (χ1n) is 7.67. The summed E-state index contributed by atoms with van der Waals surface area (Å²) in [7, 11) is 7.02. The Balaban J connectivity index is 2.36. The summed E-state index contributed by atoms with van der Waals surface area (Å²) in [5.41, 5.74) is 2.58. The minimum absolute atomic E-state index is 0.347. The van der Waals surface area contributed by atoms with Crippen LogP contribution < -0.4 is 14.4 Å². The van der Waals surface area contributed by atoms with E-state index in [0.29, 0.717) is 17.9 Å². The lowest BCUT2D eigenvalue weighted by Gasteiger charge is -2.18. The minimum atomic E-state index is -0.858. The van der Waals surface area contributed by atoms with E-state index in [9.17, 15) is 9.90 Å². The van der Waals surface area contributed by atoms with Gasteiger partial charge in [-0.15, -0.1) is 0 Å². The van der Waals surface area contributed by atoms with Gasteiger partial charge in [0.25, 0.3) is 0 Å². The maximum absolute atomic E-state index is 11.8. The van der Waals surface area contributed by atoms with E-state index in [-0.39, 0.29) is 0 Å². The van der Waals surface area contributed by atoms with Crippen molar-refractivity contribution in [3.8, 4) is 11.5 Å². The zero-order chi connectivity index (χ0) is 17.7. The molecule has 1 N–H and O–H groups in total. The molecule has 0 saturated heterocycles. The molecule has 0 fully saturated rings. The van der Waals surface area contributed by atoms with Crippen LogP contribution in [0.15, 0.2) is 42.5 Å². The fourth-order valence-electron chi connectivity index (χ4n) is 2.61. The van der Waals surface area contributed by atoms with Crippen LogP contribution in [-0.2, 0) is 11.2 Å². The molecule has 0 spiro atoms. The molecule has 2 aromatic rings. The molecule has 24 heavy (non-hydrogen) atoms. The highest BCUT2D eigenvalue weighted by atomic mass is 16.5. The van der Waals surface area contributed by atoms with Gasteiger partial charge in [-0.2, -0.15) is 0 Å². The number of anilines is 1. The van der Waals surface area contributed by atoms with E-state index in [2.05, 4.69) is 0 Å². The average molecular weight is 329 g/mol. The molecule has 0 aliphatic rings. The number of methoxy groups -OCH3 is 2. The van der Waals surface area contributed by atoms with Gasteiger partial charge in [0.05, 0.1) is 20.1 Å². The number of rotatable bonds is 7. The molecule has 0 amide bonds. The topological polar surface area (TPSA) is 59.0 Å². The van der Waals surface area contributed by atoms with Crippen molar-refractivity contribution in [3.63, 3.8) is 0 Å². The van der Waals surface area contributed by atoms with E-state index in [0.717, 1.165) is 16.8 Å². The molecular formula is C19H23NO4. The molecule has 0 aliphatic heterocycles. The van der Waals surface area contributed by atoms with Crippen molar-refractivity contribution in [1.29, 1.82) is 0 Å². The maximum Gasteiger partial charge on any atom is 0.311 e. The van der Waals surface area contributed by atoms with Gasteiger partial charge in [0.1, 0.15) is 11.5 Å². The number of hydrogen-bond donors (Lipinski definition) is 1. The van der Waals surface area contributed by atoms with Crippen LogP contribution >= 0.6 is 0 Å². The fraction of sp³-hybridized carbons (Fsp3) is 0.316. The Morgan fingerprint density at radius 3 is 2.46 bits per heavy atom. The highest BCUT2D eigenvalue weighted by molar-refractivity contribution is 5.77. The maximum atomic E-state index is 11.8. The molecule has 0 aromatic heterocycles. The van der Waals surface area contributed by atoms with Crippen LogP contribution in [0.4, 0.5) is 5.69 Å². The Bertz CT molecular complexity index is 712. The van der Waals surface area contributed by atoms with Crippen LogP contribution in [0.3, 0.4) is 0 Å². The van der Waals surface area contributed by atoms with Crippen molar-refractivity contribution in [3.05, 3.63) is 53.6 Å². The summed E-state index contributed by atoms with van der Waals surface area (Å²) in [6.45, 7) is 0. The number of aliphatic carboxylic acids is 1. The smallest absolute Gasteiger partial charge is 0.311 e. The summed E-state index contributed by atoms with van der Waals surface area (Å²) in [5.74, 6) is -0.197. The second-order valence-electron chi connectivity index (χ2n) is 5.76. The molecular weight excluding hydrogens is 306 g/mol. The third-order valence-electron chi connectivity index (χ3n) is 4.01. The fourth-order valence-corrected chi connectivity index (χ4v) is 2.61. The SMILES string of the molecule is COc1ccc(CC(C(=O)O)c2cccc(N(C)C)c2)c(OC)c1. The third-order valence-corrected chi connectivity index (χ3v) is 4.01. The standard InChI is InChI=1S/C19H23NO4/c1-20(2)15-7-5-6-13(10-15)17(19(21)22)11-14-8-9-16(23-3)12-18(14)24-4/h5-10,12,17H,11H2,1-4H3,(H,21,22). The predicted molar refractivity (Wildman–Crippen MR) is 94.4 cm³/mol. The highest BCUT2D eigenvalue weighted by Crippen LogP contribution is 2.31. The summed E-state index contributed by atoms with van der Waals surface area (Å²) < 4.78 is 10.6. The number of hydrogen-bond acceptors (Lipinski definition) is 4. The molecule has 128 valence electrons. The Kier molecular flexibility index (Phi) is 5.68. The minimum Gasteiger partial charge on any atom is -0.497 e. The zero-order valence-electron chi connectivity index (χ0n) is 14.4. The van der Waals surface area contributed by atoms with E-state index in [1.54, 1.807) is 20.3 Å². The van der Waals surface area contributed by atoms with Gasteiger partial charge in [-0.05, 0) is 35.7 Å². The van der Waals surface area contributed by atoms with Gasteiger partial charge in [-0.1, -0.05) is 18.2 Å². The van der Waals surface area contributed by atoms with Gasteiger partial charge >= 0.3 is 5.97 Å². The first kappa shape index (κ1) is 17.7. The largest absolute Gasteiger partial charge is 0.497 e. The van der Waals surface area contributed by atoms with E-state index in [4.69, 9.17) is 9.47 Å². The van der Waals surface area contributed by atoms with Crippen molar-refractivity contribution < 1.29 is 19.4 Å². The Labute approximate surface area is 142 Å². The third kappa shape index (κ3) is 3.98. The normalized spacial score (nSPS) is 11.7. The highest BCUT2D eigenvalue weighted by Gasteiger charge is 2.22. The molecule has 0 bridgehead atoms. The van der Waals surface area contributed by atoms with Crippen molar-refractivity contribution in [1.82, 2.24) is 0 Å². The number of carbonyl (C=O) groups is 1. The van der Waals surface area contributed by atoms with Crippen molar-refractivity contribution in [2.75, 3.05) is 33.2 Å². The van der Waals surface area contributed by atoms with E-state index in [1.807, 2.05) is 55.4 Å². The van der Waals surface area contributed by atoms with Crippen molar-refractivity contribution in [2.24, 2.45) is 0 Å². The molecule has 5 nitrogen and oxygen atoms in total. The molecule has 2 rings (SSSR count). The number of carboxylic acid groups (broad SMARTS) is 1. The second-order valence-corrected chi connectivity index (χ2v) is 5.76. The number of carboxylic acids is 1. The van der Waals surface area contributed by atoms with Gasteiger partial charge in [-0.3, -0.25) is 4.79 Å². The molecule has 0 heterocycles. The van der Waals surface area contributed by atoms with Crippen LogP contribution in [0.25, 0.3) is 0 Å². The van der Waals surface area contributed by atoms with Crippen molar-refractivity contribution in [2.45, 2.75) is 12.3 Å². The molecule has 1 unspecified atom stereocenters. The lowest BCUT2D eigenvalue weighted by molar-refractivity contribution is -0.138. The summed E-state index contributed by atoms with van der Waals surface area (Å²) >= 11 is 0. The molecule has 1 atom stereocenters. The van der Waals surface area contributed by atoms with Gasteiger partial charge in [-0.25, -0.2) is 0 Å². The van der Waals surface area contributed by atoms with Crippen LogP contribution in [0.2, 0.25) is 0 Å². The van der Waals surface area contributed by atoms with E-state index >= 15 is 0 Å². The molecule has 0 saturated carbocycles. The average Bonchev–Trinajstić information content (AvgIpc) is 2.59. The van der Waals surface area contributed by atoms with Gasteiger partial charge < -0.3 is 19.5 Å². The first-order chi connectivity index (χ1) is 11.5. The van der Waals surface area contributed by atoms with Gasteiger partial charge in [0.15, 0.2) is 0 Å². The van der Waals surface area contributed by atoms with E-state index < -0.39 is 11.9 Å². The molecule has 5 heteroatoms. The van der Waals surface area contributed by atoms with Crippen LogP contribution in [0.1, 0.15) is 17.0 Å². The summed E-state index contributed by atoms with van der Waals surface area (Å²) in [4.78, 5) is 13.8. The van der Waals surface area contributed by atoms with Crippen molar-refractivity contribution >= 4 is 11.7 Å². The van der Waals surface area contributed by atoms with E-state index in [1.165, 1.54) is 0 Å². The van der Waals surface area contributed by atoms with Crippen LogP contribution in [0, 0.1) is 0 Å². The first-order valence-corrected chi connectivity index (χ1v) is 7.67. The summed E-state index contributed by atoms with van der Waals surface area (Å²) in [6.07, 6.45) is 0.347. The monoisotopic (exact) mass is 329 g/mol. The van der Waals surface area contributed by atoms with Crippen LogP contribution in [0.5, 0.6) is 11.5 Å². The Hall–Kier alpha value is -2.69. The molecule has 2 aromatic carbocycles. The summed E-state index contributed by atoms with van der Waals surface area (Å²) in [5, 5.41) is 9.70. The van der Waals surface area contributed by atoms with Gasteiger partial charge in [0, 0.05) is 25.8 Å². The lowest BCUT2D eigenvalue weighted by atomic mass is 9.91. The summed E-state index contributed by atoms with van der Waals surface area (Å²) in [6, 6.07) is 13.0. The number of nitrogens with zero attached hydrogens (tertiary/aromatic N) is 1. The molecule has 0 radical (unpaired) electrons. The molecule has 0 aliphatic carbocycles. The Morgan fingerprint density at radius 1 is 1.12 bits per heavy atom. The Morgan fingerprint density at radius 2 is 1.88 bits per heavy atom. The quantitative estimate of drug-likeness (QED) is 0.845. The van der Waals surface area contributed by atoms with Crippen LogP contribution in [-0.4, -0.2) is 39.4 Å². The predicted octanol–water partition coefficient (Wildman–Crippen LogP) is 3.18. The lowest BCUT2D eigenvalue weighted by Crippen LogP contribution is -2.16. The number of benzene rings is 2.